The molecule has 0 fully saturated rings. The van der Waals surface area contributed by atoms with Crippen LogP contribution >= 0.6 is 0 Å². The van der Waals surface area contributed by atoms with Crippen LogP contribution in [0.15, 0.2) is 42.5 Å². The van der Waals surface area contributed by atoms with Gasteiger partial charge in [-0.3, -0.25) is 0 Å². The topological polar surface area (TPSA) is 70.3 Å². The van der Waals surface area contributed by atoms with Crippen molar-refractivity contribution in [3.8, 4) is 22.9 Å². The Morgan fingerprint density at radius 1 is 1.25 bits per heavy atom. The molecule has 2 aromatic rings. The summed E-state index contributed by atoms with van der Waals surface area (Å²) in [7, 11) is 0. The van der Waals surface area contributed by atoms with Gasteiger partial charge in [-0.25, -0.2) is 4.79 Å². The molecule has 0 aromatic heterocycles. The molecule has 4 nitrogen and oxygen atoms in total. The molecule has 0 saturated heterocycles. The molecule has 0 aliphatic heterocycles. The minimum absolute atomic E-state index is 0.202. The molecule has 2 rings (SSSR count). The summed E-state index contributed by atoms with van der Waals surface area (Å²) in [6, 6.07) is 13.7. The summed E-state index contributed by atoms with van der Waals surface area (Å²) in [5.41, 5.74) is 2.28. The van der Waals surface area contributed by atoms with Crippen LogP contribution in [0.3, 0.4) is 0 Å². The highest BCUT2D eigenvalue weighted by Gasteiger charge is 2.11. The second-order valence-electron chi connectivity index (χ2n) is 4.14. The molecule has 0 bridgehead atoms. The molecule has 0 heterocycles. The van der Waals surface area contributed by atoms with Crippen LogP contribution < -0.4 is 4.74 Å². The molecular weight excluding hydrogens is 254 g/mol. The van der Waals surface area contributed by atoms with E-state index in [0.717, 1.165) is 5.56 Å². The first kappa shape index (κ1) is 13.6. The quantitative estimate of drug-likeness (QED) is 0.922. The molecule has 1 N–H and O–H groups in total. The van der Waals surface area contributed by atoms with Crippen LogP contribution in [0.2, 0.25) is 0 Å². The summed E-state index contributed by atoms with van der Waals surface area (Å²) in [6.07, 6.45) is 0. The fraction of sp³-hybridized carbons (Fsp3) is 0.125. The van der Waals surface area contributed by atoms with Gasteiger partial charge in [-0.15, -0.1) is 0 Å². The zero-order valence-corrected chi connectivity index (χ0v) is 11.0. The Balaban J connectivity index is 2.53. The molecule has 0 amide bonds. The molecule has 0 radical (unpaired) electrons. The first-order valence-electron chi connectivity index (χ1n) is 6.16. The maximum absolute atomic E-state index is 11.1. The number of ether oxygens (including phenoxy) is 1. The number of hydrogen-bond donors (Lipinski definition) is 1. The molecule has 4 heteroatoms. The minimum atomic E-state index is -0.983. The number of carbonyl (C=O) groups is 1. The first-order valence-corrected chi connectivity index (χ1v) is 6.16. The SMILES string of the molecule is CCOc1ccc(C(=O)O)cc1-c1ccc(C#N)cc1. The van der Waals surface area contributed by atoms with Gasteiger partial charge in [0, 0.05) is 5.56 Å². The number of carboxylic acid groups (broad SMARTS) is 1. The van der Waals surface area contributed by atoms with E-state index in [1.54, 1.807) is 36.4 Å². The van der Waals surface area contributed by atoms with E-state index in [1.165, 1.54) is 6.07 Å². The van der Waals surface area contributed by atoms with Crippen LogP contribution in [0.25, 0.3) is 11.1 Å². The number of aromatic carboxylic acids is 1. The Morgan fingerprint density at radius 2 is 1.95 bits per heavy atom. The van der Waals surface area contributed by atoms with E-state index in [1.807, 2.05) is 13.0 Å². The average Bonchev–Trinajstić information content (AvgIpc) is 2.48. The lowest BCUT2D eigenvalue weighted by Crippen LogP contribution is -1.99. The molecule has 2 aromatic carbocycles. The third-order valence-electron chi connectivity index (χ3n) is 2.85. The zero-order valence-electron chi connectivity index (χ0n) is 11.0. The van der Waals surface area contributed by atoms with E-state index in [9.17, 15) is 4.79 Å². The van der Waals surface area contributed by atoms with Crippen LogP contribution in [-0.2, 0) is 0 Å². The number of nitriles is 1. The largest absolute Gasteiger partial charge is 0.493 e. The van der Waals surface area contributed by atoms with Gasteiger partial charge in [0.15, 0.2) is 0 Å². The normalized spacial score (nSPS) is 9.80. The van der Waals surface area contributed by atoms with Gasteiger partial charge in [0.25, 0.3) is 0 Å². The van der Waals surface area contributed by atoms with Crippen molar-refractivity contribution < 1.29 is 14.6 Å². The van der Waals surface area contributed by atoms with Crippen molar-refractivity contribution in [2.45, 2.75) is 6.92 Å². The van der Waals surface area contributed by atoms with Crippen LogP contribution in [0, 0.1) is 11.3 Å². The Bertz CT molecular complexity index is 669. The Kier molecular flexibility index (Phi) is 4.02. The molecule has 0 spiro atoms. The van der Waals surface area contributed by atoms with Crippen molar-refractivity contribution in [1.29, 1.82) is 5.26 Å². The fourth-order valence-corrected chi connectivity index (χ4v) is 1.89. The van der Waals surface area contributed by atoms with Gasteiger partial charge < -0.3 is 9.84 Å². The zero-order chi connectivity index (χ0) is 14.5. The van der Waals surface area contributed by atoms with Crippen molar-refractivity contribution in [3.63, 3.8) is 0 Å². The second-order valence-corrected chi connectivity index (χ2v) is 4.14. The van der Waals surface area contributed by atoms with E-state index >= 15 is 0 Å². The van der Waals surface area contributed by atoms with Gasteiger partial charge in [0.1, 0.15) is 5.75 Å². The second kappa shape index (κ2) is 5.89. The molecule has 0 saturated carbocycles. The smallest absolute Gasteiger partial charge is 0.335 e. The van der Waals surface area contributed by atoms with E-state index in [4.69, 9.17) is 15.1 Å². The van der Waals surface area contributed by atoms with Crippen LogP contribution in [-0.4, -0.2) is 17.7 Å². The summed E-state index contributed by atoms with van der Waals surface area (Å²) in [5.74, 6) is -0.356. The van der Waals surface area contributed by atoms with Gasteiger partial charge in [0.2, 0.25) is 0 Å². The van der Waals surface area contributed by atoms with Gasteiger partial charge in [-0.05, 0) is 42.8 Å². The predicted molar refractivity (Wildman–Crippen MR) is 74.7 cm³/mol. The Hall–Kier alpha value is -2.80. The molecule has 0 aliphatic rings. The summed E-state index contributed by atoms with van der Waals surface area (Å²) < 4.78 is 5.52. The van der Waals surface area contributed by atoms with Crippen molar-refractivity contribution in [1.82, 2.24) is 0 Å². The Morgan fingerprint density at radius 3 is 2.50 bits per heavy atom. The molecule has 0 aliphatic carbocycles. The van der Waals surface area contributed by atoms with Crippen molar-refractivity contribution in [2.24, 2.45) is 0 Å². The maximum Gasteiger partial charge on any atom is 0.335 e. The lowest BCUT2D eigenvalue weighted by atomic mass is 10.0. The number of benzene rings is 2. The standard InChI is InChI=1S/C16H13NO3/c1-2-20-15-8-7-13(16(18)19)9-14(15)12-5-3-11(10-17)4-6-12/h3-9H,2H2,1H3,(H,18,19). The third-order valence-corrected chi connectivity index (χ3v) is 2.85. The fourth-order valence-electron chi connectivity index (χ4n) is 1.89. The maximum atomic E-state index is 11.1. The van der Waals surface area contributed by atoms with Crippen molar-refractivity contribution >= 4 is 5.97 Å². The van der Waals surface area contributed by atoms with Gasteiger partial charge in [0.05, 0.1) is 23.8 Å². The number of nitrogens with zero attached hydrogens (tertiary/aromatic N) is 1. The molecule has 0 atom stereocenters. The molecular formula is C16H13NO3. The van der Waals surface area contributed by atoms with Crippen LogP contribution in [0.1, 0.15) is 22.8 Å². The lowest BCUT2D eigenvalue weighted by Gasteiger charge is -2.11. The number of carboxylic acids is 1. The van der Waals surface area contributed by atoms with Crippen molar-refractivity contribution in [2.75, 3.05) is 6.61 Å². The van der Waals surface area contributed by atoms with E-state index < -0.39 is 5.97 Å². The summed E-state index contributed by atoms with van der Waals surface area (Å²) in [4.78, 5) is 11.1. The Labute approximate surface area is 116 Å². The summed E-state index contributed by atoms with van der Waals surface area (Å²) in [6.45, 7) is 2.36. The summed E-state index contributed by atoms with van der Waals surface area (Å²) >= 11 is 0. The average molecular weight is 267 g/mol. The monoisotopic (exact) mass is 267 g/mol. The van der Waals surface area contributed by atoms with Crippen LogP contribution in [0.4, 0.5) is 0 Å². The van der Waals surface area contributed by atoms with Crippen LogP contribution in [0.5, 0.6) is 5.75 Å². The highest BCUT2D eigenvalue weighted by Crippen LogP contribution is 2.31. The molecule has 100 valence electrons. The molecule has 0 unspecified atom stereocenters. The van der Waals surface area contributed by atoms with E-state index in [0.29, 0.717) is 23.5 Å². The number of hydrogen-bond acceptors (Lipinski definition) is 3. The molecule has 20 heavy (non-hydrogen) atoms. The highest BCUT2D eigenvalue weighted by atomic mass is 16.5. The minimum Gasteiger partial charge on any atom is -0.493 e. The van der Waals surface area contributed by atoms with Gasteiger partial charge >= 0.3 is 5.97 Å². The van der Waals surface area contributed by atoms with Crippen molar-refractivity contribution in [3.05, 3.63) is 53.6 Å². The van der Waals surface area contributed by atoms with E-state index in [-0.39, 0.29) is 5.56 Å². The first-order chi connectivity index (χ1) is 9.65. The van der Waals surface area contributed by atoms with E-state index in [2.05, 4.69) is 0 Å². The van der Waals surface area contributed by atoms with Gasteiger partial charge in [-0.1, -0.05) is 12.1 Å². The highest BCUT2D eigenvalue weighted by molar-refractivity contribution is 5.90. The summed E-state index contributed by atoms with van der Waals surface area (Å²) in [5, 5.41) is 17.9. The number of rotatable bonds is 4. The third kappa shape index (κ3) is 2.78. The lowest BCUT2D eigenvalue weighted by molar-refractivity contribution is 0.0697. The predicted octanol–water partition coefficient (Wildman–Crippen LogP) is 3.32. The van der Waals surface area contributed by atoms with Gasteiger partial charge in [-0.2, -0.15) is 5.26 Å².